The van der Waals surface area contributed by atoms with E-state index >= 15 is 0 Å². The summed E-state index contributed by atoms with van der Waals surface area (Å²) in [4.78, 5) is 26.2. The van der Waals surface area contributed by atoms with Crippen LogP contribution in [0.15, 0.2) is 24.3 Å². The summed E-state index contributed by atoms with van der Waals surface area (Å²) in [5.74, 6) is -0.417. The highest BCUT2D eigenvalue weighted by molar-refractivity contribution is 7.80. The van der Waals surface area contributed by atoms with Gasteiger partial charge in [-0.05, 0) is 32.9 Å². The molecule has 2 amide bonds. The Morgan fingerprint density at radius 1 is 1.29 bits per heavy atom. The normalized spacial score (nSPS) is 11.6. The Labute approximate surface area is 130 Å². The van der Waals surface area contributed by atoms with Gasteiger partial charge in [-0.1, -0.05) is 24.4 Å². The lowest BCUT2D eigenvalue weighted by molar-refractivity contribution is -0.132. The molecule has 0 aliphatic carbocycles. The topological polar surface area (TPSA) is 75.4 Å². The first-order valence-electron chi connectivity index (χ1n) is 6.90. The summed E-state index contributed by atoms with van der Waals surface area (Å²) in [6, 6.07) is 6.15. The molecular weight excluding hydrogens is 286 g/mol. The van der Waals surface area contributed by atoms with E-state index in [1.54, 1.807) is 36.1 Å². The number of carbonyl (C=O) groups is 2. The van der Waals surface area contributed by atoms with E-state index in [9.17, 15) is 9.59 Å². The molecule has 3 N–H and O–H groups in total. The standard InChI is InChI=1S/C15H21N3O2S/c1-4-18(5-2)15(20)10(3)17-14(19)12-8-6-7-11(9-12)13(16)21/h6-10H,4-5H2,1-3H3,(H2,16,21)(H,17,19). The Morgan fingerprint density at radius 2 is 1.86 bits per heavy atom. The van der Waals surface area contributed by atoms with Crippen molar-refractivity contribution in [3.63, 3.8) is 0 Å². The second-order valence-electron chi connectivity index (χ2n) is 4.65. The number of hydrogen-bond acceptors (Lipinski definition) is 3. The molecule has 1 aromatic carbocycles. The molecule has 1 aromatic rings. The Morgan fingerprint density at radius 3 is 2.38 bits per heavy atom. The van der Waals surface area contributed by atoms with E-state index in [0.717, 1.165) is 0 Å². The van der Waals surface area contributed by atoms with Crippen LogP contribution in [0.3, 0.4) is 0 Å². The predicted octanol–water partition coefficient (Wildman–Crippen LogP) is 1.31. The minimum Gasteiger partial charge on any atom is -0.389 e. The van der Waals surface area contributed by atoms with Crippen molar-refractivity contribution in [1.29, 1.82) is 0 Å². The SMILES string of the molecule is CCN(CC)C(=O)C(C)NC(=O)c1cccc(C(N)=S)c1. The Kier molecular flexibility index (Phi) is 6.30. The summed E-state index contributed by atoms with van der Waals surface area (Å²) in [5.41, 5.74) is 6.60. The van der Waals surface area contributed by atoms with Crippen LogP contribution in [0.2, 0.25) is 0 Å². The van der Waals surface area contributed by atoms with Crippen LogP contribution in [0.5, 0.6) is 0 Å². The number of nitrogens with two attached hydrogens (primary N) is 1. The molecule has 0 bridgehead atoms. The molecule has 0 aromatic heterocycles. The second-order valence-corrected chi connectivity index (χ2v) is 5.09. The maximum atomic E-state index is 12.2. The maximum absolute atomic E-state index is 12.2. The number of rotatable bonds is 6. The molecule has 0 aliphatic heterocycles. The molecule has 0 radical (unpaired) electrons. The summed E-state index contributed by atoms with van der Waals surface area (Å²) < 4.78 is 0. The Hall–Kier alpha value is -1.95. The van der Waals surface area contributed by atoms with E-state index < -0.39 is 6.04 Å². The number of nitrogens with zero attached hydrogens (tertiary/aromatic N) is 1. The fourth-order valence-electron chi connectivity index (χ4n) is 1.96. The lowest BCUT2D eigenvalue weighted by Gasteiger charge is -2.23. The van der Waals surface area contributed by atoms with Gasteiger partial charge in [-0.25, -0.2) is 0 Å². The predicted molar refractivity (Wildman–Crippen MR) is 87.2 cm³/mol. The summed E-state index contributed by atoms with van der Waals surface area (Å²) in [7, 11) is 0. The zero-order valence-electron chi connectivity index (χ0n) is 12.6. The van der Waals surface area contributed by atoms with E-state index in [1.165, 1.54) is 0 Å². The Bertz CT molecular complexity index is 541. The number of hydrogen-bond donors (Lipinski definition) is 2. The lowest BCUT2D eigenvalue weighted by atomic mass is 10.1. The largest absolute Gasteiger partial charge is 0.389 e. The van der Waals surface area contributed by atoms with Crippen molar-refractivity contribution in [3.8, 4) is 0 Å². The molecule has 0 spiro atoms. The minimum atomic E-state index is -0.578. The van der Waals surface area contributed by atoms with Gasteiger partial charge in [-0.3, -0.25) is 9.59 Å². The van der Waals surface area contributed by atoms with Gasteiger partial charge in [0, 0.05) is 24.2 Å². The van der Waals surface area contributed by atoms with Gasteiger partial charge in [-0.2, -0.15) is 0 Å². The van der Waals surface area contributed by atoms with Gasteiger partial charge < -0.3 is 16.0 Å². The molecule has 21 heavy (non-hydrogen) atoms. The van der Waals surface area contributed by atoms with Crippen LogP contribution in [-0.2, 0) is 4.79 Å². The molecule has 1 rings (SSSR count). The molecule has 5 nitrogen and oxygen atoms in total. The van der Waals surface area contributed by atoms with Crippen molar-refractivity contribution in [1.82, 2.24) is 10.2 Å². The summed E-state index contributed by atoms with van der Waals surface area (Å²) in [6.45, 7) is 6.72. The van der Waals surface area contributed by atoms with E-state index in [4.69, 9.17) is 18.0 Å². The van der Waals surface area contributed by atoms with Crippen LogP contribution in [0.1, 0.15) is 36.7 Å². The first-order valence-corrected chi connectivity index (χ1v) is 7.31. The number of carbonyl (C=O) groups excluding carboxylic acids is 2. The first-order chi connectivity index (χ1) is 9.90. The fourth-order valence-corrected chi connectivity index (χ4v) is 2.09. The summed E-state index contributed by atoms with van der Waals surface area (Å²) in [5, 5.41) is 2.70. The third-order valence-corrected chi connectivity index (χ3v) is 3.44. The quantitative estimate of drug-likeness (QED) is 0.777. The van der Waals surface area contributed by atoms with Gasteiger partial charge in [0.05, 0.1) is 0 Å². The molecule has 0 saturated heterocycles. The number of benzene rings is 1. The van der Waals surface area contributed by atoms with Crippen LogP contribution in [0.4, 0.5) is 0 Å². The van der Waals surface area contributed by atoms with Crippen molar-refractivity contribution in [3.05, 3.63) is 35.4 Å². The molecule has 0 saturated carbocycles. The number of likely N-dealkylation sites (N-methyl/N-ethyl adjacent to an activating group) is 1. The third-order valence-electron chi connectivity index (χ3n) is 3.20. The van der Waals surface area contributed by atoms with Gasteiger partial charge in [-0.15, -0.1) is 0 Å². The van der Waals surface area contributed by atoms with E-state index in [0.29, 0.717) is 24.2 Å². The number of thiocarbonyl (C=S) groups is 1. The molecule has 0 fully saturated rings. The van der Waals surface area contributed by atoms with Crippen LogP contribution < -0.4 is 11.1 Å². The number of nitrogens with one attached hydrogen (secondary N) is 1. The van der Waals surface area contributed by atoms with Crippen molar-refractivity contribution < 1.29 is 9.59 Å². The molecule has 1 atom stereocenters. The van der Waals surface area contributed by atoms with Gasteiger partial charge >= 0.3 is 0 Å². The number of amides is 2. The molecule has 1 unspecified atom stereocenters. The summed E-state index contributed by atoms with van der Waals surface area (Å²) in [6.07, 6.45) is 0. The smallest absolute Gasteiger partial charge is 0.251 e. The van der Waals surface area contributed by atoms with E-state index in [-0.39, 0.29) is 16.8 Å². The van der Waals surface area contributed by atoms with Crippen LogP contribution in [-0.4, -0.2) is 40.8 Å². The van der Waals surface area contributed by atoms with Gasteiger partial charge in [0.1, 0.15) is 11.0 Å². The van der Waals surface area contributed by atoms with Gasteiger partial charge in [0.25, 0.3) is 5.91 Å². The molecular formula is C15H21N3O2S. The third kappa shape index (κ3) is 4.53. The molecule has 6 heteroatoms. The zero-order chi connectivity index (χ0) is 16.0. The minimum absolute atomic E-state index is 0.0983. The average molecular weight is 307 g/mol. The second kappa shape index (κ2) is 7.73. The first kappa shape index (κ1) is 17.1. The highest BCUT2D eigenvalue weighted by Crippen LogP contribution is 2.06. The van der Waals surface area contributed by atoms with E-state index in [1.807, 2.05) is 13.8 Å². The van der Waals surface area contributed by atoms with Gasteiger partial charge in [0.15, 0.2) is 0 Å². The molecule has 0 heterocycles. The fraction of sp³-hybridized carbons (Fsp3) is 0.400. The van der Waals surface area contributed by atoms with Crippen molar-refractivity contribution in [2.45, 2.75) is 26.8 Å². The van der Waals surface area contributed by atoms with Crippen molar-refractivity contribution in [2.24, 2.45) is 5.73 Å². The van der Waals surface area contributed by atoms with E-state index in [2.05, 4.69) is 5.32 Å². The van der Waals surface area contributed by atoms with Crippen molar-refractivity contribution >= 4 is 29.0 Å². The highest BCUT2D eigenvalue weighted by atomic mass is 32.1. The Balaban J connectivity index is 2.79. The van der Waals surface area contributed by atoms with Crippen LogP contribution in [0, 0.1) is 0 Å². The van der Waals surface area contributed by atoms with Crippen LogP contribution in [0.25, 0.3) is 0 Å². The van der Waals surface area contributed by atoms with Crippen molar-refractivity contribution in [2.75, 3.05) is 13.1 Å². The highest BCUT2D eigenvalue weighted by Gasteiger charge is 2.20. The average Bonchev–Trinajstić information content (AvgIpc) is 2.48. The van der Waals surface area contributed by atoms with Crippen LogP contribution >= 0.6 is 12.2 Å². The monoisotopic (exact) mass is 307 g/mol. The zero-order valence-corrected chi connectivity index (χ0v) is 13.4. The summed E-state index contributed by atoms with van der Waals surface area (Å²) >= 11 is 4.89. The lowest BCUT2D eigenvalue weighted by Crippen LogP contribution is -2.46. The maximum Gasteiger partial charge on any atom is 0.251 e. The molecule has 114 valence electrons. The molecule has 0 aliphatic rings. The van der Waals surface area contributed by atoms with Gasteiger partial charge in [0.2, 0.25) is 5.91 Å².